The van der Waals surface area contributed by atoms with Crippen LogP contribution in [0.5, 0.6) is 0 Å². The summed E-state index contributed by atoms with van der Waals surface area (Å²) < 4.78 is 0. The van der Waals surface area contributed by atoms with E-state index in [2.05, 4.69) is 27.6 Å². The molecule has 6 nitrogen and oxygen atoms in total. The third-order valence-electron chi connectivity index (χ3n) is 3.18. The number of nitrogens with two attached hydrogens (primary N) is 2. The molecule has 0 saturated heterocycles. The summed E-state index contributed by atoms with van der Waals surface area (Å²) in [7, 11) is 0. The van der Waals surface area contributed by atoms with Gasteiger partial charge in [-0.3, -0.25) is 0 Å². The van der Waals surface area contributed by atoms with Crippen molar-refractivity contribution in [1.82, 2.24) is 9.97 Å². The van der Waals surface area contributed by atoms with Gasteiger partial charge < -0.3 is 16.5 Å². The van der Waals surface area contributed by atoms with Crippen molar-refractivity contribution < 1.29 is 0 Å². The number of anilines is 3. The minimum atomic E-state index is 0.229. The summed E-state index contributed by atoms with van der Waals surface area (Å²) in [5.41, 5.74) is 8.09. The van der Waals surface area contributed by atoms with Crippen LogP contribution in [0.25, 0.3) is 0 Å². The molecule has 0 aromatic carbocycles. The number of rotatable bonds is 3. The minimum absolute atomic E-state index is 0.229. The Labute approximate surface area is 101 Å². The van der Waals surface area contributed by atoms with Crippen molar-refractivity contribution in [2.45, 2.75) is 38.6 Å². The van der Waals surface area contributed by atoms with Gasteiger partial charge >= 0.3 is 0 Å². The summed E-state index contributed by atoms with van der Waals surface area (Å²) in [4.78, 5) is 8.11. The summed E-state index contributed by atoms with van der Waals surface area (Å²) in [6.45, 7) is 2.29. The molecule has 0 amide bonds. The summed E-state index contributed by atoms with van der Waals surface area (Å²) >= 11 is 0. The Bertz CT molecular complexity index is 380. The van der Waals surface area contributed by atoms with Crippen molar-refractivity contribution >= 4 is 17.6 Å². The van der Waals surface area contributed by atoms with Gasteiger partial charge in [0.15, 0.2) is 0 Å². The van der Waals surface area contributed by atoms with Gasteiger partial charge in [-0.1, -0.05) is 19.8 Å². The maximum absolute atomic E-state index is 5.61. The first-order chi connectivity index (χ1) is 8.17. The SMILES string of the molecule is CC1CCCC(Nc2cc(NN)nc(N)n2)C1. The average molecular weight is 236 g/mol. The van der Waals surface area contributed by atoms with Crippen LogP contribution < -0.4 is 22.3 Å². The molecular weight excluding hydrogens is 216 g/mol. The zero-order valence-corrected chi connectivity index (χ0v) is 10.1. The molecule has 17 heavy (non-hydrogen) atoms. The third kappa shape index (κ3) is 3.20. The average Bonchev–Trinajstić information content (AvgIpc) is 2.28. The molecule has 2 rings (SSSR count). The molecule has 1 saturated carbocycles. The topological polar surface area (TPSA) is 102 Å². The van der Waals surface area contributed by atoms with Gasteiger partial charge in [-0.15, -0.1) is 0 Å². The van der Waals surface area contributed by atoms with Crippen molar-refractivity contribution in [1.29, 1.82) is 0 Å². The molecular formula is C11H20N6. The molecule has 1 aromatic rings. The lowest BCUT2D eigenvalue weighted by molar-refractivity contribution is 0.358. The molecule has 1 aliphatic rings. The highest BCUT2D eigenvalue weighted by atomic mass is 15.3. The van der Waals surface area contributed by atoms with Crippen LogP contribution in [0, 0.1) is 5.92 Å². The number of nitrogens with zero attached hydrogens (tertiary/aromatic N) is 2. The van der Waals surface area contributed by atoms with Gasteiger partial charge in [-0.05, 0) is 18.8 Å². The molecule has 94 valence electrons. The lowest BCUT2D eigenvalue weighted by Gasteiger charge is -2.27. The van der Waals surface area contributed by atoms with Crippen LogP contribution >= 0.6 is 0 Å². The van der Waals surface area contributed by atoms with Crippen molar-refractivity contribution in [2.24, 2.45) is 11.8 Å². The zero-order chi connectivity index (χ0) is 12.3. The largest absolute Gasteiger partial charge is 0.368 e. The number of hydrazine groups is 1. The molecule has 6 heteroatoms. The van der Waals surface area contributed by atoms with E-state index in [1.807, 2.05) is 0 Å². The molecule has 6 N–H and O–H groups in total. The molecule has 1 aromatic heterocycles. The van der Waals surface area contributed by atoms with Crippen LogP contribution in [0.15, 0.2) is 6.07 Å². The Kier molecular flexibility index (Phi) is 3.63. The van der Waals surface area contributed by atoms with Crippen LogP contribution in [0.4, 0.5) is 17.6 Å². The normalized spacial score (nSPS) is 24.4. The Balaban J connectivity index is 2.04. The second-order valence-electron chi connectivity index (χ2n) is 4.75. The second-order valence-corrected chi connectivity index (χ2v) is 4.75. The van der Waals surface area contributed by atoms with Crippen LogP contribution in [-0.2, 0) is 0 Å². The molecule has 0 spiro atoms. The van der Waals surface area contributed by atoms with Crippen molar-refractivity contribution in [3.8, 4) is 0 Å². The predicted octanol–water partition coefficient (Wildman–Crippen LogP) is 1.33. The van der Waals surface area contributed by atoms with Gasteiger partial charge in [-0.25, -0.2) is 5.84 Å². The predicted molar refractivity (Wildman–Crippen MR) is 69.3 cm³/mol. The fourth-order valence-corrected chi connectivity index (χ4v) is 2.39. The van der Waals surface area contributed by atoms with Gasteiger partial charge in [0.1, 0.15) is 11.6 Å². The summed E-state index contributed by atoms with van der Waals surface area (Å²) in [5.74, 6) is 7.59. The Hall–Kier alpha value is -1.56. The molecule has 0 aliphatic heterocycles. The zero-order valence-electron chi connectivity index (χ0n) is 10.1. The fourth-order valence-electron chi connectivity index (χ4n) is 2.39. The summed E-state index contributed by atoms with van der Waals surface area (Å²) in [5, 5.41) is 3.40. The van der Waals surface area contributed by atoms with Gasteiger partial charge in [0.05, 0.1) is 0 Å². The summed E-state index contributed by atoms with van der Waals surface area (Å²) in [6, 6.07) is 2.24. The highest BCUT2D eigenvalue weighted by Gasteiger charge is 2.19. The van der Waals surface area contributed by atoms with Crippen LogP contribution in [0.2, 0.25) is 0 Å². The molecule has 2 unspecified atom stereocenters. The van der Waals surface area contributed by atoms with Crippen LogP contribution in [0.3, 0.4) is 0 Å². The number of hydrogen-bond acceptors (Lipinski definition) is 6. The molecule has 1 heterocycles. The summed E-state index contributed by atoms with van der Waals surface area (Å²) in [6.07, 6.45) is 4.94. The molecule has 2 atom stereocenters. The van der Waals surface area contributed by atoms with E-state index < -0.39 is 0 Å². The first-order valence-corrected chi connectivity index (χ1v) is 6.05. The maximum Gasteiger partial charge on any atom is 0.223 e. The quantitative estimate of drug-likeness (QED) is 0.466. The van der Waals surface area contributed by atoms with E-state index >= 15 is 0 Å². The van der Waals surface area contributed by atoms with E-state index in [1.54, 1.807) is 6.07 Å². The molecule has 1 fully saturated rings. The number of hydrogen-bond donors (Lipinski definition) is 4. The maximum atomic E-state index is 5.61. The van der Waals surface area contributed by atoms with Gasteiger partial charge in [0, 0.05) is 12.1 Å². The van der Waals surface area contributed by atoms with E-state index in [-0.39, 0.29) is 5.95 Å². The molecule has 1 aliphatic carbocycles. The Morgan fingerprint density at radius 1 is 1.29 bits per heavy atom. The van der Waals surface area contributed by atoms with Crippen molar-refractivity contribution in [3.05, 3.63) is 6.07 Å². The highest BCUT2D eigenvalue weighted by molar-refractivity contribution is 5.50. The van der Waals surface area contributed by atoms with Crippen LogP contribution in [0.1, 0.15) is 32.6 Å². The van der Waals surface area contributed by atoms with E-state index in [0.29, 0.717) is 11.9 Å². The lowest BCUT2D eigenvalue weighted by atomic mass is 9.87. The van der Waals surface area contributed by atoms with E-state index in [1.165, 1.54) is 25.7 Å². The van der Waals surface area contributed by atoms with E-state index in [4.69, 9.17) is 11.6 Å². The van der Waals surface area contributed by atoms with Crippen LogP contribution in [-0.4, -0.2) is 16.0 Å². The van der Waals surface area contributed by atoms with Gasteiger partial charge in [0.2, 0.25) is 5.95 Å². The van der Waals surface area contributed by atoms with E-state index in [9.17, 15) is 0 Å². The first kappa shape index (κ1) is 11.9. The first-order valence-electron chi connectivity index (χ1n) is 6.05. The molecule has 0 radical (unpaired) electrons. The lowest BCUT2D eigenvalue weighted by Crippen LogP contribution is -2.27. The number of nitrogens with one attached hydrogen (secondary N) is 2. The second kappa shape index (κ2) is 5.18. The molecule has 0 bridgehead atoms. The Morgan fingerprint density at radius 2 is 2.06 bits per heavy atom. The van der Waals surface area contributed by atoms with Gasteiger partial charge in [-0.2, -0.15) is 9.97 Å². The highest BCUT2D eigenvalue weighted by Crippen LogP contribution is 2.26. The van der Waals surface area contributed by atoms with Crippen molar-refractivity contribution in [2.75, 3.05) is 16.5 Å². The monoisotopic (exact) mass is 236 g/mol. The third-order valence-corrected chi connectivity index (χ3v) is 3.18. The van der Waals surface area contributed by atoms with Gasteiger partial charge in [0.25, 0.3) is 0 Å². The standard InChI is InChI=1S/C11H20N6/c1-7-3-2-4-8(5-7)14-9-6-10(17-13)16-11(12)15-9/h6-8H,2-5,13H2,1H3,(H4,12,14,15,16,17). The van der Waals surface area contributed by atoms with Crippen molar-refractivity contribution in [3.63, 3.8) is 0 Å². The number of aromatic nitrogens is 2. The fraction of sp³-hybridized carbons (Fsp3) is 0.636. The minimum Gasteiger partial charge on any atom is -0.368 e. The van der Waals surface area contributed by atoms with E-state index in [0.717, 1.165) is 11.7 Å². The number of nitrogen functional groups attached to an aromatic ring is 2. The smallest absolute Gasteiger partial charge is 0.223 e. The Morgan fingerprint density at radius 3 is 2.76 bits per heavy atom.